The van der Waals surface area contributed by atoms with Gasteiger partial charge in [0.15, 0.2) is 0 Å². The molecule has 0 fully saturated rings. The molecule has 0 aliphatic carbocycles. The van der Waals surface area contributed by atoms with Gasteiger partial charge in [0.2, 0.25) is 0 Å². The molecule has 0 nitrogen and oxygen atoms in total. The first kappa shape index (κ1) is 27.8. The summed E-state index contributed by atoms with van der Waals surface area (Å²) in [5.41, 5.74) is 8.90. The molecule has 0 radical (unpaired) electrons. The van der Waals surface area contributed by atoms with E-state index in [0.29, 0.717) is 0 Å². The van der Waals surface area contributed by atoms with Crippen molar-refractivity contribution in [3.8, 4) is 11.1 Å². The van der Waals surface area contributed by atoms with E-state index in [1.165, 1.54) is 44.2 Å². The second-order valence-electron chi connectivity index (χ2n) is 11.8. The molecule has 3 aromatic carbocycles. The van der Waals surface area contributed by atoms with Gasteiger partial charge in [-0.2, -0.15) is 6.07 Å². The Morgan fingerprint density at radius 1 is 0.750 bits per heavy atom. The maximum absolute atomic E-state index is 4.93. The van der Waals surface area contributed by atoms with E-state index in [9.17, 15) is 0 Å². The van der Waals surface area contributed by atoms with E-state index in [4.69, 9.17) is 17.0 Å². The zero-order valence-electron chi connectivity index (χ0n) is 21.5. The topological polar surface area (TPSA) is 0 Å². The van der Waals surface area contributed by atoms with E-state index >= 15 is 0 Å². The summed E-state index contributed by atoms with van der Waals surface area (Å²) in [5, 5.41) is 2.76. The molecule has 0 aliphatic heterocycles. The van der Waals surface area contributed by atoms with Gasteiger partial charge >= 0.3 is 37.9 Å². The van der Waals surface area contributed by atoms with Crippen LogP contribution in [0.5, 0.6) is 0 Å². The molecule has 0 bridgehead atoms. The molecule has 0 aliphatic rings. The number of hydrogen-bond donors (Lipinski definition) is 0. The summed E-state index contributed by atoms with van der Waals surface area (Å²) in [6.45, 7) is 23.1. The van der Waals surface area contributed by atoms with E-state index in [0.717, 1.165) is 6.42 Å². The summed E-state index contributed by atoms with van der Waals surface area (Å²) in [5.74, 6) is 0. The van der Waals surface area contributed by atoms with E-state index in [1.807, 2.05) is 0 Å². The monoisotopic (exact) mass is 547 g/mol. The van der Waals surface area contributed by atoms with Gasteiger partial charge in [-0.3, -0.25) is 0 Å². The van der Waals surface area contributed by atoms with E-state index in [1.54, 1.807) is 0 Å². The van der Waals surface area contributed by atoms with Crippen LogP contribution >= 0.6 is 17.0 Å². The van der Waals surface area contributed by atoms with Crippen LogP contribution in [-0.4, -0.2) is 0 Å². The summed E-state index contributed by atoms with van der Waals surface area (Å²) < 4.78 is 0. The molecule has 0 saturated carbocycles. The molecule has 0 aromatic heterocycles. The van der Waals surface area contributed by atoms with E-state index < -0.39 is 20.8 Å². The summed E-state index contributed by atoms with van der Waals surface area (Å²) in [6, 6.07) is 16.8. The predicted molar refractivity (Wildman–Crippen MR) is 142 cm³/mol. The SMILES string of the molecule is CCc1ccc2[cH-]c(C(C)(C)C)cc2c1-c1cc(C(C)(C)C)cc(C(C)(C)C)c1.[Cl][Zr][Cl]. The molecule has 3 rings (SSSR count). The van der Waals surface area contributed by atoms with Gasteiger partial charge in [-0.25, -0.2) is 0 Å². The van der Waals surface area contributed by atoms with Crippen molar-refractivity contribution in [1.82, 2.24) is 0 Å². The normalized spacial score (nSPS) is 12.5. The fraction of sp³-hybridized carbons (Fsp3) is 0.483. The zero-order chi connectivity index (χ0) is 24.5. The third kappa shape index (κ3) is 6.55. The van der Waals surface area contributed by atoms with E-state index in [-0.39, 0.29) is 16.2 Å². The predicted octanol–water partition coefficient (Wildman–Crippen LogP) is 10.1. The molecule has 0 heterocycles. The Morgan fingerprint density at radius 3 is 1.66 bits per heavy atom. The molecule has 3 aromatic rings. The van der Waals surface area contributed by atoms with Crippen LogP contribution in [0.2, 0.25) is 0 Å². The molecule has 0 N–H and O–H groups in total. The molecule has 3 heteroatoms. The van der Waals surface area contributed by atoms with Gasteiger partial charge in [-0.15, -0.1) is 34.5 Å². The third-order valence-electron chi connectivity index (χ3n) is 6.18. The Morgan fingerprint density at radius 2 is 1.25 bits per heavy atom. The first-order valence-corrected chi connectivity index (χ1v) is 17.8. The van der Waals surface area contributed by atoms with Gasteiger partial charge in [0.1, 0.15) is 0 Å². The van der Waals surface area contributed by atoms with Crippen LogP contribution in [0.3, 0.4) is 0 Å². The molecule has 0 unspecified atom stereocenters. The maximum atomic E-state index is 4.93. The molecule has 174 valence electrons. The van der Waals surface area contributed by atoms with Crippen molar-refractivity contribution in [2.45, 2.75) is 91.9 Å². The Hall–Kier alpha value is -0.487. The number of benzene rings is 2. The average Bonchev–Trinajstić information content (AvgIpc) is 3.10. The average molecular weight is 550 g/mol. The molecule has 0 atom stereocenters. The summed E-state index contributed by atoms with van der Waals surface area (Å²) in [7, 11) is 9.87. The number of fused-ring (bicyclic) bond motifs is 1. The van der Waals surface area contributed by atoms with Crippen LogP contribution in [-0.2, 0) is 43.5 Å². The molecular formula is C29H39Cl2Zr-. The van der Waals surface area contributed by atoms with Gasteiger partial charge in [0, 0.05) is 0 Å². The number of hydrogen-bond acceptors (Lipinski definition) is 0. The van der Waals surface area contributed by atoms with Crippen molar-refractivity contribution in [2.75, 3.05) is 0 Å². The summed E-state index contributed by atoms with van der Waals surface area (Å²) in [6.07, 6.45) is 1.05. The van der Waals surface area contributed by atoms with E-state index in [2.05, 4.69) is 112 Å². The molecule has 0 saturated heterocycles. The van der Waals surface area contributed by atoms with Crippen molar-refractivity contribution in [2.24, 2.45) is 0 Å². The Balaban J connectivity index is 0.00000114. The van der Waals surface area contributed by atoms with Crippen LogP contribution in [0.15, 0.2) is 42.5 Å². The van der Waals surface area contributed by atoms with Crippen LogP contribution in [0, 0.1) is 0 Å². The third-order valence-corrected chi connectivity index (χ3v) is 6.18. The zero-order valence-corrected chi connectivity index (χ0v) is 25.5. The summed E-state index contributed by atoms with van der Waals surface area (Å²) in [4.78, 5) is 0. The molecule has 32 heavy (non-hydrogen) atoms. The Kier molecular flexibility index (Phi) is 9.03. The number of aryl methyl sites for hydroxylation is 1. The Labute approximate surface area is 215 Å². The standard InChI is InChI=1S/C29H39.2ClH.Zr/c1-11-19-12-13-20-14-24(29(8,9)10)18-25(20)26(19)21-15-22(27(2,3)4)17-23(16-21)28(5,6)7;;;/h12-18H,11H2,1-10H3;2*1H;/q-1;;;+2/p-2. The Bertz CT molecular complexity index is 1020. The molecule has 0 amide bonds. The number of rotatable bonds is 2. The second kappa shape index (κ2) is 10.4. The quantitative estimate of drug-likeness (QED) is 0.279. The fourth-order valence-electron chi connectivity index (χ4n) is 4.03. The van der Waals surface area contributed by atoms with Crippen LogP contribution < -0.4 is 0 Å². The van der Waals surface area contributed by atoms with Crippen molar-refractivity contribution < 1.29 is 20.8 Å². The van der Waals surface area contributed by atoms with Crippen molar-refractivity contribution in [1.29, 1.82) is 0 Å². The fourth-order valence-corrected chi connectivity index (χ4v) is 4.03. The first-order chi connectivity index (χ1) is 14.6. The van der Waals surface area contributed by atoms with Crippen LogP contribution in [0.25, 0.3) is 21.9 Å². The summed E-state index contributed by atoms with van der Waals surface area (Å²) >= 11 is -0.826. The van der Waals surface area contributed by atoms with Crippen molar-refractivity contribution in [3.05, 3.63) is 64.7 Å². The van der Waals surface area contributed by atoms with Crippen LogP contribution in [0.1, 0.15) is 91.5 Å². The van der Waals surface area contributed by atoms with Crippen molar-refractivity contribution in [3.63, 3.8) is 0 Å². The van der Waals surface area contributed by atoms with Gasteiger partial charge in [-0.1, -0.05) is 98.6 Å². The van der Waals surface area contributed by atoms with Gasteiger partial charge in [0.05, 0.1) is 0 Å². The van der Waals surface area contributed by atoms with Gasteiger partial charge < -0.3 is 0 Å². The first-order valence-electron chi connectivity index (χ1n) is 11.5. The van der Waals surface area contributed by atoms with Gasteiger partial charge in [0.25, 0.3) is 0 Å². The minimum absolute atomic E-state index is 0.124. The molecular weight excluding hydrogens is 510 g/mol. The minimum atomic E-state index is -0.826. The van der Waals surface area contributed by atoms with Gasteiger partial charge in [-0.05, 0) is 39.4 Å². The molecule has 0 spiro atoms. The number of halogens is 2. The van der Waals surface area contributed by atoms with Crippen molar-refractivity contribution >= 4 is 27.8 Å². The van der Waals surface area contributed by atoms with Crippen LogP contribution in [0.4, 0.5) is 0 Å². The second-order valence-corrected chi connectivity index (χ2v) is 15.6.